The Balaban J connectivity index is 1.91. The van der Waals surface area contributed by atoms with Crippen LogP contribution in [0.4, 0.5) is 0 Å². The molecule has 4 heteroatoms. The number of amides is 1. The minimum atomic E-state index is 0.0286. The van der Waals surface area contributed by atoms with Crippen molar-refractivity contribution >= 4 is 16.8 Å². The van der Waals surface area contributed by atoms with Gasteiger partial charge in [0.05, 0.1) is 12.6 Å². The molecule has 3 rings (SSSR count). The highest BCUT2D eigenvalue weighted by atomic mass is 16.5. The third kappa shape index (κ3) is 2.70. The molecule has 2 heterocycles. The zero-order valence-electron chi connectivity index (χ0n) is 13.8. The van der Waals surface area contributed by atoms with E-state index in [0.717, 1.165) is 24.2 Å². The van der Waals surface area contributed by atoms with Gasteiger partial charge in [-0.3, -0.25) is 4.79 Å². The quantitative estimate of drug-likeness (QED) is 0.922. The molecule has 118 valence electrons. The Bertz CT molecular complexity index is 710. The number of rotatable bonds is 2. The maximum atomic E-state index is 12.5. The van der Waals surface area contributed by atoms with Crippen molar-refractivity contribution in [3.05, 3.63) is 29.5 Å². The van der Waals surface area contributed by atoms with Crippen LogP contribution in [-0.4, -0.2) is 29.4 Å². The van der Waals surface area contributed by atoms with Gasteiger partial charge in [0.1, 0.15) is 5.75 Å². The maximum Gasteiger partial charge on any atom is 0.223 e. The van der Waals surface area contributed by atoms with Gasteiger partial charge >= 0.3 is 0 Å². The first-order chi connectivity index (χ1) is 10.4. The average Bonchev–Trinajstić information content (AvgIpc) is 2.83. The molecule has 1 N–H and O–H groups in total. The number of aromatic nitrogens is 1. The van der Waals surface area contributed by atoms with E-state index in [1.54, 1.807) is 7.11 Å². The second-order valence-corrected chi connectivity index (χ2v) is 7.27. The van der Waals surface area contributed by atoms with Crippen LogP contribution in [0.5, 0.6) is 5.75 Å². The molecular weight excluding hydrogens is 276 g/mol. The number of aromatic amines is 1. The van der Waals surface area contributed by atoms with Crippen LogP contribution in [0.3, 0.4) is 0 Å². The van der Waals surface area contributed by atoms with Gasteiger partial charge in [0.2, 0.25) is 5.91 Å². The van der Waals surface area contributed by atoms with E-state index in [9.17, 15) is 4.79 Å². The van der Waals surface area contributed by atoms with Gasteiger partial charge in [0, 0.05) is 42.6 Å². The van der Waals surface area contributed by atoms with Crippen molar-refractivity contribution in [2.45, 2.75) is 40.2 Å². The summed E-state index contributed by atoms with van der Waals surface area (Å²) in [6.07, 6.45) is 1.47. The van der Waals surface area contributed by atoms with Gasteiger partial charge in [0.15, 0.2) is 0 Å². The number of fused-ring (bicyclic) bond motifs is 3. The van der Waals surface area contributed by atoms with Crippen molar-refractivity contribution in [3.8, 4) is 5.75 Å². The third-order valence-electron chi connectivity index (χ3n) is 4.23. The van der Waals surface area contributed by atoms with Crippen LogP contribution in [0.25, 0.3) is 10.9 Å². The lowest BCUT2D eigenvalue weighted by atomic mass is 9.91. The number of carbonyl (C=O) groups is 1. The van der Waals surface area contributed by atoms with Gasteiger partial charge < -0.3 is 14.6 Å². The van der Waals surface area contributed by atoms with E-state index in [4.69, 9.17) is 4.74 Å². The van der Waals surface area contributed by atoms with E-state index < -0.39 is 0 Å². The molecule has 0 unspecified atom stereocenters. The lowest BCUT2D eigenvalue weighted by molar-refractivity contribution is -0.134. The summed E-state index contributed by atoms with van der Waals surface area (Å²) in [5.41, 5.74) is 3.54. The minimum Gasteiger partial charge on any atom is -0.495 e. The summed E-state index contributed by atoms with van der Waals surface area (Å²) in [5, 5.41) is 1.17. The van der Waals surface area contributed by atoms with Crippen molar-refractivity contribution in [3.63, 3.8) is 0 Å². The number of hydrogen-bond acceptors (Lipinski definition) is 2. The molecule has 0 saturated heterocycles. The fraction of sp³-hybridized carbons (Fsp3) is 0.500. The maximum absolute atomic E-state index is 12.5. The number of H-pyrrole nitrogens is 1. The number of carbonyl (C=O) groups excluding carboxylic acids is 1. The van der Waals surface area contributed by atoms with Crippen LogP contribution in [0, 0.1) is 5.41 Å². The largest absolute Gasteiger partial charge is 0.495 e. The number of nitrogens with one attached hydrogen (secondary N) is 1. The fourth-order valence-electron chi connectivity index (χ4n) is 3.16. The highest BCUT2D eigenvalue weighted by Gasteiger charge is 2.27. The first-order valence-electron chi connectivity index (χ1n) is 7.83. The Morgan fingerprint density at radius 3 is 2.82 bits per heavy atom. The molecule has 1 aliphatic rings. The Kier molecular flexibility index (Phi) is 3.63. The molecule has 0 spiro atoms. The van der Waals surface area contributed by atoms with Gasteiger partial charge in [0.25, 0.3) is 0 Å². The second kappa shape index (κ2) is 5.34. The summed E-state index contributed by atoms with van der Waals surface area (Å²) >= 11 is 0. The number of ether oxygens (including phenoxy) is 1. The molecule has 1 aromatic heterocycles. The van der Waals surface area contributed by atoms with Crippen LogP contribution in [0.1, 0.15) is 38.4 Å². The average molecular weight is 300 g/mol. The van der Waals surface area contributed by atoms with E-state index in [2.05, 4.69) is 31.8 Å². The van der Waals surface area contributed by atoms with Crippen LogP contribution >= 0.6 is 0 Å². The number of methoxy groups -OCH3 is 1. The Morgan fingerprint density at radius 2 is 2.14 bits per heavy atom. The molecule has 4 nitrogen and oxygen atoms in total. The van der Waals surface area contributed by atoms with Gasteiger partial charge in [-0.2, -0.15) is 0 Å². The molecule has 2 aromatic rings. The van der Waals surface area contributed by atoms with E-state index in [0.29, 0.717) is 13.0 Å². The fourth-order valence-corrected chi connectivity index (χ4v) is 3.16. The molecule has 22 heavy (non-hydrogen) atoms. The van der Waals surface area contributed by atoms with E-state index in [1.807, 2.05) is 17.0 Å². The summed E-state index contributed by atoms with van der Waals surface area (Å²) in [5.74, 6) is 1.11. The van der Waals surface area contributed by atoms with Gasteiger partial charge in [-0.05, 0) is 11.5 Å². The van der Waals surface area contributed by atoms with Crippen LogP contribution in [-0.2, 0) is 17.8 Å². The smallest absolute Gasteiger partial charge is 0.223 e. The van der Waals surface area contributed by atoms with Crippen LogP contribution < -0.4 is 4.74 Å². The number of benzene rings is 1. The second-order valence-electron chi connectivity index (χ2n) is 7.27. The van der Waals surface area contributed by atoms with Crippen molar-refractivity contribution in [1.29, 1.82) is 0 Å². The minimum absolute atomic E-state index is 0.0286. The zero-order valence-corrected chi connectivity index (χ0v) is 13.8. The number of hydrogen-bond donors (Lipinski definition) is 1. The predicted octanol–water partition coefficient (Wildman–Crippen LogP) is 3.50. The molecule has 0 radical (unpaired) electrons. The van der Waals surface area contributed by atoms with Crippen molar-refractivity contribution < 1.29 is 9.53 Å². The zero-order chi connectivity index (χ0) is 15.9. The molecule has 1 aliphatic heterocycles. The lowest BCUT2D eigenvalue weighted by Crippen LogP contribution is -2.37. The first kappa shape index (κ1) is 14.9. The van der Waals surface area contributed by atoms with Crippen molar-refractivity contribution in [1.82, 2.24) is 9.88 Å². The highest BCUT2D eigenvalue weighted by Crippen LogP contribution is 2.33. The number of para-hydroxylation sites is 1. The van der Waals surface area contributed by atoms with Crippen molar-refractivity contribution in [2.75, 3.05) is 13.7 Å². The Labute approximate surface area is 131 Å². The summed E-state index contributed by atoms with van der Waals surface area (Å²) in [4.78, 5) is 18.0. The van der Waals surface area contributed by atoms with Gasteiger partial charge in [-0.15, -0.1) is 0 Å². The molecule has 1 aromatic carbocycles. The molecule has 0 fully saturated rings. The van der Waals surface area contributed by atoms with Crippen LogP contribution in [0.15, 0.2) is 18.2 Å². The molecule has 1 amide bonds. The normalized spacial score (nSPS) is 15.0. The van der Waals surface area contributed by atoms with Crippen molar-refractivity contribution in [2.24, 2.45) is 5.41 Å². The third-order valence-corrected chi connectivity index (χ3v) is 4.23. The monoisotopic (exact) mass is 300 g/mol. The van der Waals surface area contributed by atoms with E-state index in [-0.39, 0.29) is 11.3 Å². The molecule has 0 atom stereocenters. The standard InChI is InChI=1S/C18H24N2O2/c1-18(2,3)10-16(21)20-9-8-14-13(11-20)12-6-5-7-15(22-4)17(12)19-14/h5-7,19H,8-11H2,1-4H3. The van der Waals surface area contributed by atoms with E-state index >= 15 is 0 Å². The summed E-state index contributed by atoms with van der Waals surface area (Å²) in [7, 11) is 1.69. The highest BCUT2D eigenvalue weighted by molar-refractivity contribution is 5.90. The van der Waals surface area contributed by atoms with Gasteiger partial charge in [-0.25, -0.2) is 0 Å². The lowest BCUT2D eigenvalue weighted by Gasteiger charge is -2.30. The molecule has 0 aliphatic carbocycles. The Morgan fingerprint density at radius 1 is 1.36 bits per heavy atom. The molecule has 0 bridgehead atoms. The van der Waals surface area contributed by atoms with Gasteiger partial charge in [-0.1, -0.05) is 32.9 Å². The molecule has 0 saturated carbocycles. The van der Waals surface area contributed by atoms with E-state index in [1.165, 1.54) is 16.6 Å². The number of nitrogens with zero attached hydrogens (tertiary/aromatic N) is 1. The summed E-state index contributed by atoms with van der Waals surface area (Å²) < 4.78 is 5.43. The summed E-state index contributed by atoms with van der Waals surface area (Å²) in [6, 6.07) is 6.07. The SMILES string of the molecule is COc1cccc2c3c([nH]c12)CCN(C(=O)CC(C)(C)C)C3. The topological polar surface area (TPSA) is 45.3 Å². The van der Waals surface area contributed by atoms with Crippen LogP contribution in [0.2, 0.25) is 0 Å². The Hall–Kier alpha value is -1.97. The first-order valence-corrected chi connectivity index (χ1v) is 7.83. The summed E-state index contributed by atoms with van der Waals surface area (Å²) in [6.45, 7) is 7.80. The molecular formula is C18H24N2O2. The predicted molar refractivity (Wildman–Crippen MR) is 88.0 cm³/mol.